The maximum Gasteiger partial charge on any atom is 0.223 e. The molecule has 0 unspecified atom stereocenters. The predicted octanol–water partition coefficient (Wildman–Crippen LogP) is 4.92. The maximum absolute atomic E-state index is 8.98. The molecule has 6 heteroatoms. The minimum Gasteiger partial charge on any atom is -0.493 e. The lowest BCUT2D eigenvalue weighted by Gasteiger charge is -2.15. The van der Waals surface area contributed by atoms with Gasteiger partial charge in [-0.3, -0.25) is 0 Å². The minimum atomic E-state index is 0.163. The molecule has 0 aliphatic carbocycles. The fraction of sp³-hybridized carbons (Fsp3) is 0.333. The summed E-state index contributed by atoms with van der Waals surface area (Å²) in [6, 6.07) is 11.9. The molecule has 2 N–H and O–H groups in total. The number of fused-ring (bicyclic) bond motifs is 1. The van der Waals surface area contributed by atoms with E-state index in [9.17, 15) is 0 Å². The van der Waals surface area contributed by atoms with Crippen molar-refractivity contribution >= 4 is 28.5 Å². The van der Waals surface area contributed by atoms with Crippen LogP contribution in [0.5, 0.6) is 5.75 Å². The molecule has 142 valence electrons. The van der Waals surface area contributed by atoms with Gasteiger partial charge in [-0.2, -0.15) is 0 Å². The van der Waals surface area contributed by atoms with Crippen LogP contribution in [0, 0.1) is 0 Å². The van der Waals surface area contributed by atoms with Crippen LogP contribution in [0.4, 0.5) is 5.95 Å². The number of hydrogen-bond acceptors (Lipinski definition) is 5. The topological polar surface area (TPSA) is 67.3 Å². The summed E-state index contributed by atoms with van der Waals surface area (Å²) in [6.07, 6.45) is 3.29. The highest BCUT2D eigenvalue weighted by atomic mass is 35.5. The van der Waals surface area contributed by atoms with Crippen molar-refractivity contribution in [2.75, 3.05) is 18.5 Å². The van der Waals surface area contributed by atoms with E-state index in [0.29, 0.717) is 24.0 Å². The number of aromatic nitrogens is 2. The summed E-state index contributed by atoms with van der Waals surface area (Å²) < 4.78 is 6.03. The van der Waals surface area contributed by atoms with Crippen molar-refractivity contribution < 1.29 is 9.84 Å². The van der Waals surface area contributed by atoms with Gasteiger partial charge in [0.05, 0.1) is 12.1 Å². The van der Waals surface area contributed by atoms with Gasteiger partial charge in [-0.15, -0.1) is 0 Å². The molecule has 0 aliphatic heterocycles. The van der Waals surface area contributed by atoms with Gasteiger partial charge < -0.3 is 15.2 Å². The van der Waals surface area contributed by atoms with Gasteiger partial charge in [0.25, 0.3) is 0 Å². The molecule has 3 rings (SSSR count). The highest BCUT2D eigenvalue weighted by molar-refractivity contribution is 6.33. The third-order valence-electron chi connectivity index (χ3n) is 4.07. The van der Waals surface area contributed by atoms with E-state index in [1.54, 1.807) is 0 Å². The number of hydrogen-bond donors (Lipinski definition) is 2. The Morgan fingerprint density at radius 3 is 2.70 bits per heavy atom. The normalized spacial score (nSPS) is 11.1. The highest BCUT2D eigenvalue weighted by Gasteiger charge is 2.13. The fourth-order valence-electron chi connectivity index (χ4n) is 2.79. The van der Waals surface area contributed by atoms with Crippen LogP contribution in [0.2, 0.25) is 5.02 Å². The van der Waals surface area contributed by atoms with Crippen molar-refractivity contribution in [3.63, 3.8) is 0 Å². The molecule has 3 aromatic rings. The van der Waals surface area contributed by atoms with E-state index in [1.807, 2.05) is 56.4 Å². The lowest BCUT2D eigenvalue weighted by molar-refractivity contribution is 0.253. The third kappa shape index (κ3) is 4.87. The third-order valence-corrected chi connectivity index (χ3v) is 4.40. The first kappa shape index (κ1) is 19.4. The van der Waals surface area contributed by atoms with Crippen molar-refractivity contribution in [1.82, 2.24) is 9.97 Å². The maximum atomic E-state index is 8.98. The Hall–Kier alpha value is -2.37. The summed E-state index contributed by atoms with van der Waals surface area (Å²) in [5.41, 5.74) is 2.62. The number of aliphatic hydroxyl groups excluding tert-OH is 1. The number of benzene rings is 2. The number of halogens is 1. The van der Waals surface area contributed by atoms with E-state index in [-0.39, 0.29) is 12.6 Å². The van der Waals surface area contributed by atoms with Crippen molar-refractivity contribution in [2.45, 2.75) is 32.7 Å². The second-order valence-electron chi connectivity index (χ2n) is 6.66. The number of nitrogens with zero attached hydrogens (tertiary/aromatic N) is 2. The SMILES string of the molecule is CC(C)Nc1ncc2cc(-c3ccccc3Cl)c(OCCCCO)cc2n1. The molecule has 0 saturated heterocycles. The quantitative estimate of drug-likeness (QED) is 0.538. The number of ether oxygens (including phenoxy) is 1. The Morgan fingerprint density at radius 2 is 1.96 bits per heavy atom. The van der Waals surface area contributed by atoms with E-state index in [1.165, 1.54) is 0 Å². The summed E-state index contributed by atoms with van der Waals surface area (Å²) in [5.74, 6) is 1.32. The molecule has 0 spiro atoms. The molecule has 5 nitrogen and oxygen atoms in total. The summed E-state index contributed by atoms with van der Waals surface area (Å²) in [6.45, 7) is 4.77. The van der Waals surface area contributed by atoms with Gasteiger partial charge in [-0.05, 0) is 38.8 Å². The minimum absolute atomic E-state index is 0.163. The Morgan fingerprint density at radius 1 is 1.15 bits per heavy atom. The van der Waals surface area contributed by atoms with Crippen LogP contribution in [0.1, 0.15) is 26.7 Å². The second kappa shape index (κ2) is 9.02. The number of aliphatic hydroxyl groups is 1. The van der Waals surface area contributed by atoms with Crippen LogP contribution >= 0.6 is 11.6 Å². The average molecular weight is 386 g/mol. The van der Waals surface area contributed by atoms with Crippen molar-refractivity contribution in [3.8, 4) is 16.9 Å². The summed E-state index contributed by atoms with van der Waals surface area (Å²) >= 11 is 6.42. The molecule has 0 bridgehead atoms. The first-order valence-corrected chi connectivity index (χ1v) is 9.52. The zero-order valence-corrected chi connectivity index (χ0v) is 16.3. The zero-order valence-electron chi connectivity index (χ0n) is 15.6. The summed E-state index contributed by atoms with van der Waals surface area (Å²) in [5, 5.41) is 13.8. The van der Waals surface area contributed by atoms with Gasteiger partial charge >= 0.3 is 0 Å². The Labute approximate surface area is 164 Å². The molecule has 27 heavy (non-hydrogen) atoms. The first-order chi connectivity index (χ1) is 13.1. The molecule has 0 fully saturated rings. The summed E-state index contributed by atoms with van der Waals surface area (Å²) in [7, 11) is 0. The number of unbranched alkanes of at least 4 members (excludes halogenated alkanes) is 1. The predicted molar refractivity (Wildman–Crippen MR) is 111 cm³/mol. The first-order valence-electron chi connectivity index (χ1n) is 9.14. The van der Waals surface area contributed by atoms with E-state index in [2.05, 4.69) is 15.3 Å². The Kier molecular flexibility index (Phi) is 6.48. The molecule has 0 radical (unpaired) electrons. The van der Waals surface area contributed by atoms with Crippen molar-refractivity contribution in [2.24, 2.45) is 0 Å². The Balaban J connectivity index is 2.04. The van der Waals surface area contributed by atoms with Gasteiger partial charge in [0.1, 0.15) is 5.75 Å². The molecule has 2 aromatic carbocycles. The molecular formula is C21H24ClN3O2. The van der Waals surface area contributed by atoms with Gasteiger partial charge in [0.15, 0.2) is 0 Å². The highest BCUT2D eigenvalue weighted by Crippen LogP contribution is 2.37. The van der Waals surface area contributed by atoms with Crippen molar-refractivity contribution in [1.29, 1.82) is 0 Å². The van der Waals surface area contributed by atoms with Gasteiger partial charge in [-0.25, -0.2) is 9.97 Å². The number of rotatable bonds is 8. The molecular weight excluding hydrogens is 362 g/mol. The van der Waals surface area contributed by atoms with E-state index in [4.69, 9.17) is 21.4 Å². The number of nitrogens with one attached hydrogen (secondary N) is 1. The molecule has 0 aliphatic rings. The lowest BCUT2D eigenvalue weighted by atomic mass is 10.0. The van der Waals surface area contributed by atoms with Crippen LogP contribution in [-0.4, -0.2) is 34.3 Å². The van der Waals surface area contributed by atoms with Gasteiger partial charge in [0.2, 0.25) is 5.95 Å². The largest absolute Gasteiger partial charge is 0.493 e. The van der Waals surface area contributed by atoms with Crippen LogP contribution in [0.3, 0.4) is 0 Å². The van der Waals surface area contributed by atoms with Crippen LogP contribution in [0.15, 0.2) is 42.6 Å². The zero-order chi connectivity index (χ0) is 19.2. The molecule has 1 heterocycles. The van der Waals surface area contributed by atoms with E-state index >= 15 is 0 Å². The number of anilines is 1. The lowest BCUT2D eigenvalue weighted by Crippen LogP contribution is -2.12. The molecule has 1 aromatic heterocycles. The van der Waals surface area contributed by atoms with E-state index in [0.717, 1.165) is 34.2 Å². The second-order valence-corrected chi connectivity index (χ2v) is 7.07. The van der Waals surface area contributed by atoms with Crippen LogP contribution in [0.25, 0.3) is 22.0 Å². The monoisotopic (exact) mass is 385 g/mol. The molecule has 0 atom stereocenters. The smallest absolute Gasteiger partial charge is 0.223 e. The Bertz CT molecular complexity index is 915. The molecule has 0 amide bonds. The van der Waals surface area contributed by atoms with Crippen molar-refractivity contribution in [3.05, 3.63) is 47.6 Å². The van der Waals surface area contributed by atoms with E-state index < -0.39 is 0 Å². The standard InChI is InChI=1S/C21H24ClN3O2/c1-14(2)24-21-23-13-15-11-17(16-7-3-4-8-18(16)22)20(12-19(15)25-21)27-10-6-5-9-26/h3-4,7-8,11-14,26H,5-6,9-10H2,1-2H3,(H,23,24,25). The van der Waals surface area contributed by atoms with Crippen LogP contribution in [-0.2, 0) is 0 Å². The fourth-order valence-corrected chi connectivity index (χ4v) is 3.03. The van der Waals surface area contributed by atoms with Crippen LogP contribution < -0.4 is 10.1 Å². The summed E-state index contributed by atoms with van der Waals surface area (Å²) in [4.78, 5) is 9.00. The van der Waals surface area contributed by atoms with Gasteiger partial charge in [-0.1, -0.05) is 29.8 Å². The average Bonchev–Trinajstić information content (AvgIpc) is 2.64. The van der Waals surface area contributed by atoms with Gasteiger partial charge in [0, 0.05) is 46.4 Å². The molecule has 0 saturated carbocycles.